The molecule has 1 rings (SSSR count). The van der Waals surface area contributed by atoms with Crippen molar-refractivity contribution in [2.75, 3.05) is 27.4 Å². The van der Waals surface area contributed by atoms with E-state index in [2.05, 4.69) is 11.4 Å². The Hall–Kier alpha value is -3.45. The predicted octanol–water partition coefficient (Wildman–Crippen LogP) is 2.58. The van der Waals surface area contributed by atoms with Crippen LogP contribution in [0.3, 0.4) is 0 Å². The van der Waals surface area contributed by atoms with Crippen molar-refractivity contribution < 1.29 is 33.4 Å². The van der Waals surface area contributed by atoms with E-state index < -0.39 is 23.5 Å². The van der Waals surface area contributed by atoms with E-state index in [9.17, 15) is 14.4 Å². The Bertz CT molecular complexity index is 846. The van der Waals surface area contributed by atoms with Gasteiger partial charge < -0.3 is 19.7 Å². The predicted molar refractivity (Wildman–Crippen MR) is 114 cm³/mol. The summed E-state index contributed by atoms with van der Waals surface area (Å²) in [6, 6.07) is 5.24. The van der Waals surface area contributed by atoms with E-state index in [0.29, 0.717) is 24.3 Å². The molecule has 0 aliphatic rings. The number of carbonyl (C=O) groups is 3. The minimum atomic E-state index is -1.09. The molecule has 9 heteroatoms. The first-order valence-electron chi connectivity index (χ1n) is 9.99. The molecule has 0 unspecified atom stereocenters. The Morgan fingerprint density at radius 3 is 2.45 bits per heavy atom. The van der Waals surface area contributed by atoms with Gasteiger partial charge in [0.15, 0.2) is 11.5 Å². The molecule has 9 nitrogen and oxygen atoms in total. The van der Waals surface area contributed by atoms with Crippen LogP contribution in [0, 0.1) is 0 Å². The van der Waals surface area contributed by atoms with Crippen LogP contribution in [0.1, 0.15) is 38.2 Å². The lowest BCUT2D eigenvalue weighted by molar-refractivity contribution is -0.147. The number of amides is 2. The van der Waals surface area contributed by atoms with E-state index >= 15 is 0 Å². The second-order valence-electron chi connectivity index (χ2n) is 6.49. The number of unbranched alkanes of at least 4 members (excludes halogenated alkanes) is 2. The highest BCUT2D eigenvalue weighted by molar-refractivity contribution is 6.62. The third-order valence-electron chi connectivity index (χ3n) is 4.44. The highest BCUT2D eigenvalue weighted by Gasteiger charge is 2.37. The van der Waals surface area contributed by atoms with Crippen LogP contribution in [0.2, 0.25) is 0 Å². The zero-order valence-electron chi connectivity index (χ0n) is 18.3. The van der Waals surface area contributed by atoms with Gasteiger partial charge in [-0.3, -0.25) is 14.5 Å². The van der Waals surface area contributed by atoms with Gasteiger partial charge in [-0.15, -0.1) is 6.58 Å². The Balaban J connectivity index is 3.05. The fraction of sp³-hybridized carbons (Fsp3) is 0.455. The molecule has 0 aliphatic heterocycles. The first-order chi connectivity index (χ1) is 14.9. The number of rotatable bonds is 13. The number of hydrogen-bond acceptors (Lipinski definition) is 6. The van der Waals surface area contributed by atoms with Crippen LogP contribution in [0.4, 0.5) is 0 Å². The van der Waals surface area contributed by atoms with E-state index in [0.717, 1.165) is 23.3 Å². The third kappa shape index (κ3) is 7.71. The molecule has 0 spiro atoms. The molecule has 0 N–H and O–H groups in total. The number of benzene rings is 1. The molecule has 2 amide bonds. The normalized spacial score (nSPS) is 9.90. The van der Waals surface area contributed by atoms with Crippen molar-refractivity contribution >= 4 is 23.5 Å². The van der Waals surface area contributed by atoms with Crippen LogP contribution in [-0.4, -0.2) is 60.6 Å². The van der Waals surface area contributed by atoms with Gasteiger partial charge in [0, 0.05) is 13.0 Å². The summed E-state index contributed by atoms with van der Waals surface area (Å²) in [6.45, 7) is 5.16. The lowest BCUT2D eigenvalue weighted by atomic mass is 10.1. The third-order valence-corrected chi connectivity index (χ3v) is 4.44. The van der Waals surface area contributed by atoms with Crippen LogP contribution in [0.15, 0.2) is 30.9 Å². The molecule has 1 aromatic carbocycles. The zero-order valence-corrected chi connectivity index (χ0v) is 18.3. The Morgan fingerprint density at radius 1 is 1.16 bits per heavy atom. The Morgan fingerprint density at radius 2 is 1.87 bits per heavy atom. The average Bonchev–Trinajstić information content (AvgIpc) is 2.77. The monoisotopic (exact) mass is 431 g/mol. The van der Waals surface area contributed by atoms with Gasteiger partial charge in [-0.05, 0) is 50.3 Å². The quantitative estimate of drug-likeness (QED) is 0.0901. The second kappa shape index (κ2) is 13.7. The largest absolute Gasteiger partial charge is 0.493 e. The van der Waals surface area contributed by atoms with Crippen molar-refractivity contribution in [3.8, 4) is 11.5 Å². The number of methoxy groups -OCH3 is 2. The Kier molecular flexibility index (Phi) is 11.3. The minimum absolute atomic E-state index is 0.00766. The molecule has 0 fully saturated rings. The van der Waals surface area contributed by atoms with Gasteiger partial charge in [0.2, 0.25) is 5.91 Å². The fourth-order valence-corrected chi connectivity index (χ4v) is 2.81. The number of ether oxygens (including phenoxy) is 3. The topological polar surface area (TPSA) is 119 Å². The van der Waals surface area contributed by atoms with Gasteiger partial charge >= 0.3 is 17.6 Å². The SMILES string of the molecule is C=CCCCCC(=O)N(CCc1ccc(OC)c(OC)c1)C(=O)C(=[N+]=[N-])C(=O)OCC. The summed E-state index contributed by atoms with van der Waals surface area (Å²) >= 11 is 0. The smallest absolute Gasteiger partial charge is 0.463 e. The van der Waals surface area contributed by atoms with Crippen LogP contribution >= 0.6 is 0 Å². The molecule has 0 saturated carbocycles. The second-order valence-corrected chi connectivity index (χ2v) is 6.49. The van der Waals surface area contributed by atoms with Gasteiger partial charge in [0.25, 0.3) is 0 Å². The minimum Gasteiger partial charge on any atom is -0.493 e. The molecule has 31 heavy (non-hydrogen) atoms. The van der Waals surface area contributed by atoms with Crippen LogP contribution in [0.5, 0.6) is 11.5 Å². The van der Waals surface area contributed by atoms with Crippen molar-refractivity contribution in [3.05, 3.63) is 41.9 Å². The van der Waals surface area contributed by atoms with Crippen molar-refractivity contribution in [1.29, 1.82) is 0 Å². The van der Waals surface area contributed by atoms with E-state index in [1.54, 1.807) is 31.2 Å². The highest BCUT2D eigenvalue weighted by atomic mass is 16.5. The summed E-state index contributed by atoms with van der Waals surface area (Å²) < 4.78 is 15.2. The van der Waals surface area contributed by atoms with Gasteiger partial charge in [-0.2, -0.15) is 4.79 Å². The van der Waals surface area contributed by atoms with Gasteiger partial charge in [0.05, 0.1) is 20.8 Å². The molecule has 0 aliphatic carbocycles. The maximum atomic E-state index is 12.8. The van der Waals surface area contributed by atoms with Crippen molar-refractivity contribution in [2.45, 2.75) is 39.0 Å². The van der Waals surface area contributed by atoms with E-state index in [1.807, 2.05) is 0 Å². The van der Waals surface area contributed by atoms with Crippen molar-refractivity contribution in [2.24, 2.45) is 0 Å². The number of hydrogen-bond donors (Lipinski definition) is 0. The van der Waals surface area contributed by atoms with E-state index in [1.165, 1.54) is 14.2 Å². The molecule has 1 aromatic rings. The maximum Gasteiger partial charge on any atom is 0.463 e. The molecular formula is C22H29N3O6. The number of nitrogens with zero attached hydrogens (tertiary/aromatic N) is 3. The van der Waals surface area contributed by atoms with Crippen molar-refractivity contribution in [3.63, 3.8) is 0 Å². The summed E-state index contributed by atoms with van der Waals surface area (Å²) in [5.74, 6) is -1.51. The first-order valence-corrected chi connectivity index (χ1v) is 9.99. The lowest BCUT2D eigenvalue weighted by Crippen LogP contribution is -2.45. The maximum absolute atomic E-state index is 12.8. The van der Waals surface area contributed by atoms with E-state index in [4.69, 9.17) is 19.7 Å². The highest BCUT2D eigenvalue weighted by Crippen LogP contribution is 2.27. The van der Waals surface area contributed by atoms with Crippen LogP contribution in [-0.2, 0) is 25.5 Å². The summed E-state index contributed by atoms with van der Waals surface area (Å²) in [5.41, 5.74) is 9.11. The van der Waals surface area contributed by atoms with Gasteiger partial charge in [-0.25, -0.2) is 4.79 Å². The molecular weight excluding hydrogens is 402 g/mol. The van der Waals surface area contributed by atoms with E-state index in [-0.39, 0.29) is 19.6 Å². The number of allylic oxidation sites excluding steroid dienone is 1. The number of esters is 1. The number of imide groups is 1. The molecule has 0 heterocycles. The van der Waals surface area contributed by atoms with Crippen LogP contribution < -0.4 is 9.47 Å². The summed E-state index contributed by atoms with van der Waals surface area (Å²) in [5, 5.41) is 0. The number of carbonyl (C=O) groups excluding carboxylic acids is 3. The molecule has 0 bridgehead atoms. The Labute approximate surface area is 182 Å². The molecule has 0 aromatic heterocycles. The fourth-order valence-electron chi connectivity index (χ4n) is 2.81. The van der Waals surface area contributed by atoms with Gasteiger partial charge in [-0.1, -0.05) is 12.1 Å². The van der Waals surface area contributed by atoms with Crippen LogP contribution in [0.25, 0.3) is 5.53 Å². The molecule has 0 saturated heterocycles. The summed E-state index contributed by atoms with van der Waals surface area (Å²) in [6.07, 6.45) is 4.20. The molecule has 0 atom stereocenters. The lowest BCUT2D eigenvalue weighted by Gasteiger charge is -2.19. The molecule has 0 radical (unpaired) electrons. The summed E-state index contributed by atoms with van der Waals surface area (Å²) in [4.78, 5) is 41.2. The summed E-state index contributed by atoms with van der Waals surface area (Å²) in [7, 11) is 3.03. The average molecular weight is 431 g/mol. The molecule has 168 valence electrons. The first kappa shape index (κ1) is 25.6. The van der Waals surface area contributed by atoms with Gasteiger partial charge in [0.1, 0.15) is 0 Å². The van der Waals surface area contributed by atoms with Crippen molar-refractivity contribution in [1.82, 2.24) is 4.90 Å². The zero-order chi connectivity index (χ0) is 23.2. The standard InChI is InChI=1S/C22H29N3O6/c1-5-7-8-9-10-19(26)25(21(27)20(24-23)22(28)31-6-2)14-13-16-11-12-17(29-3)18(15-16)30-4/h5,11-12,15H,1,6-10,13-14H2,2-4H3.